The summed E-state index contributed by atoms with van der Waals surface area (Å²) in [6, 6.07) is 0. The van der Waals surface area contributed by atoms with E-state index in [0.29, 0.717) is 12.8 Å². The molecule has 0 amide bonds. The molecule has 0 saturated carbocycles. The number of carbonyl (C=O) groups excluding carboxylic acids is 2. The summed E-state index contributed by atoms with van der Waals surface area (Å²) in [6.07, 6.45) is 3.03. The van der Waals surface area contributed by atoms with Crippen LogP contribution >= 0.6 is 15.9 Å². The molecule has 18 heavy (non-hydrogen) atoms. The quantitative estimate of drug-likeness (QED) is 0.390. The zero-order valence-electron chi connectivity index (χ0n) is 10.6. The zero-order chi connectivity index (χ0) is 14.0. The summed E-state index contributed by atoms with van der Waals surface area (Å²) in [4.78, 5) is 22.5. The highest BCUT2D eigenvalue weighted by atomic mass is 79.9. The first-order chi connectivity index (χ1) is 8.54. The van der Waals surface area contributed by atoms with Crippen molar-refractivity contribution >= 4 is 27.9 Å². The minimum absolute atomic E-state index is 0.133. The number of hydrogen-bond acceptors (Lipinski definition) is 4. The first kappa shape index (κ1) is 17.1. The fraction of sp³-hybridized carbons (Fsp3) is 0.667. The lowest BCUT2D eigenvalue weighted by molar-refractivity contribution is -0.143. The lowest BCUT2D eigenvalue weighted by Gasteiger charge is -2.05. The molecule has 0 heterocycles. The molecule has 0 fully saturated rings. The molecule has 0 aromatic heterocycles. The third-order valence-corrected chi connectivity index (χ3v) is 2.69. The smallest absolute Gasteiger partial charge is 0.368 e. The number of unbranched alkanes of at least 4 members (excludes halogenated alkanes) is 2. The molecule has 4 nitrogen and oxygen atoms in total. The van der Waals surface area contributed by atoms with Crippen LogP contribution in [0.15, 0.2) is 10.3 Å². The maximum atomic E-state index is 13.4. The molecule has 0 radical (unpaired) electrons. The van der Waals surface area contributed by atoms with E-state index < -0.39 is 22.2 Å². The predicted octanol–water partition coefficient (Wildman–Crippen LogP) is 3.25. The topological polar surface area (TPSA) is 52.6 Å². The van der Waals surface area contributed by atoms with Crippen molar-refractivity contribution in [1.82, 2.24) is 0 Å². The third kappa shape index (κ3) is 6.74. The van der Waals surface area contributed by atoms with Gasteiger partial charge >= 0.3 is 11.9 Å². The van der Waals surface area contributed by atoms with Crippen LogP contribution in [0, 0.1) is 0 Å². The summed E-state index contributed by atoms with van der Waals surface area (Å²) in [5.41, 5.74) is 0. The van der Waals surface area contributed by atoms with E-state index in [0.717, 1.165) is 12.8 Å². The first-order valence-electron chi connectivity index (χ1n) is 5.94. The molecule has 6 heteroatoms. The van der Waals surface area contributed by atoms with Gasteiger partial charge in [0.05, 0.1) is 13.2 Å². The molecule has 0 rings (SSSR count). The number of rotatable bonds is 8. The van der Waals surface area contributed by atoms with E-state index in [2.05, 4.69) is 20.7 Å². The fourth-order valence-electron chi connectivity index (χ4n) is 0.924. The number of halogens is 2. The number of ether oxygens (including phenoxy) is 2. The lowest BCUT2D eigenvalue weighted by Crippen LogP contribution is -2.12. The Morgan fingerprint density at radius 2 is 1.44 bits per heavy atom. The Labute approximate surface area is 115 Å². The first-order valence-corrected chi connectivity index (χ1v) is 6.73. The highest BCUT2D eigenvalue weighted by Gasteiger charge is 2.21. The van der Waals surface area contributed by atoms with Crippen LogP contribution in [-0.4, -0.2) is 25.2 Å². The van der Waals surface area contributed by atoms with Crippen molar-refractivity contribution in [3.05, 3.63) is 10.3 Å². The van der Waals surface area contributed by atoms with Crippen LogP contribution in [0.5, 0.6) is 0 Å². The molecule has 0 aromatic rings. The lowest BCUT2D eigenvalue weighted by atomic mass is 10.3. The average molecular weight is 325 g/mol. The van der Waals surface area contributed by atoms with Crippen molar-refractivity contribution in [3.8, 4) is 0 Å². The van der Waals surface area contributed by atoms with Gasteiger partial charge in [-0.05, 0) is 28.8 Å². The van der Waals surface area contributed by atoms with Crippen molar-refractivity contribution in [3.63, 3.8) is 0 Å². The molecule has 0 aromatic carbocycles. The Hall–Kier alpha value is -0.910. The van der Waals surface area contributed by atoms with E-state index in [1.807, 2.05) is 13.8 Å². The molecule has 0 aliphatic heterocycles. The van der Waals surface area contributed by atoms with Gasteiger partial charge in [-0.15, -0.1) is 0 Å². The van der Waals surface area contributed by atoms with Crippen molar-refractivity contribution in [2.45, 2.75) is 39.5 Å². The van der Waals surface area contributed by atoms with E-state index in [1.54, 1.807) is 0 Å². The molecule has 0 atom stereocenters. The van der Waals surface area contributed by atoms with E-state index in [4.69, 9.17) is 4.74 Å². The Balaban J connectivity index is 4.30. The van der Waals surface area contributed by atoms with Gasteiger partial charge < -0.3 is 9.47 Å². The van der Waals surface area contributed by atoms with Gasteiger partial charge in [-0.25, -0.2) is 9.59 Å². The van der Waals surface area contributed by atoms with Crippen LogP contribution in [0.1, 0.15) is 39.5 Å². The summed E-state index contributed by atoms with van der Waals surface area (Å²) in [7, 11) is 0. The van der Waals surface area contributed by atoms with Crippen LogP contribution < -0.4 is 0 Å². The Morgan fingerprint density at radius 3 is 1.89 bits per heavy atom. The van der Waals surface area contributed by atoms with Gasteiger partial charge in [0, 0.05) is 0 Å². The molecule has 0 N–H and O–H groups in total. The predicted molar refractivity (Wildman–Crippen MR) is 68.8 cm³/mol. The van der Waals surface area contributed by atoms with E-state index in [9.17, 15) is 14.0 Å². The van der Waals surface area contributed by atoms with Gasteiger partial charge in [-0.2, -0.15) is 4.39 Å². The van der Waals surface area contributed by atoms with Gasteiger partial charge in [0.2, 0.25) is 5.83 Å². The summed E-state index contributed by atoms with van der Waals surface area (Å²) < 4.78 is 22.3. The summed E-state index contributed by atoms with van der Waals surface area (Å²) in [5.74, 6) is -3.30. The second-order valence-corrected chi connectivity index (χ2v) is 4.40. The highest BCUT2D eigenvalue weighted by molar-refractivity contribution is 9.12. The number of carbonyl (C=O) groups is 2. The van der Waals surface area contributed by atoms with Crippen LogP contribution in [0.25, 0.3) is 0 Å². The number of esters is 2. The van der Waals surface area contributed by atoms with Crippen LogP contribution in [0.2, 0.25) is 0 Å². The normalized spacial score (nSPS) is 11.8. The maximum Gasteiger partial charge on any atom is 0.368 e. The summed E-state index contributed by atoms with van der Waals surface area (Å²) in [6.45, 7) is 4.18. The molecule has 0 spiro atoms. The minimum atomic E-state index is -1.26. The molecule has 0 unspecified atom stereocenters. The van der Waals surface area contributed by atoms with Gasteiger partial charge in [0.15, 0.2) is 0 Å². The summed E-state index contributed by atoms with van der Waals surface area (Å²) in [5, 5.41) is 0. The van der Waals surface area contributed by atoms with Gasteiger partial charge in [-0.1, -0.05) is 26.7 Å². The third-order valence-electron chi connectivity index (χ3n) is 2.01. The van der Waals surface area contributed by atoms with Crippen molar-refractivity contribution in [1.29, 1.82) is 0 Å². The van der Waals surface area contributed by atoms with E-state index in [1.165, 1.54) is 0 Å². The van der Waals surface area contributed by atoms with E-state index >= 15 is 0 Å². The Bertz CT molecular complexity index is 285. The second-order valence-electron chi connectivity index (χ2n) is 3.61. The zero-order valence-corrected chi connectivity index (χ0v) is 12.2. The SMILES string of the molecule is CCCCOC(=O)/C(F)=C(/Br)C(=O)OCCCC. The Kier molecular flexibility index (Phi) is 9.55. The monoisotopic (exact) mass is 324 g/mol. The average Bonchev–Trinajstić information content (AvgIpc) is 2.37. The summed E-state index contributed by atoms with van der Waals surface area (Å²) >= 11 is 2.70. The molecule has 0 saturated heterocycles. The Morgan fingerprint density at radius 1 is 1.00 bits per heavy atom. The highest BCUT2D eigenvalue weighted by Crippen LogP contribution is 2.17. The van der Waals surface area contributed by atoms with Crippen LogP contribution in [-0.2, 0) is 19.1 Å². The molecule has 104 valence electrons. The second kappa shape index (κ2) is 10.1. The van der Waals surface area contributed by atoms with Crippen LogP contribution in [0.4, 0.5) is 4.39 Å². The van der Waals surface area contributed by atoms with Crippen molar-refractivity contribution < 1.29 is 23.5 Å². The molecular weight excluding hydrogens is 307 g/mol. The van der Waals surface area contributed by atoms with Crippen molar-refractivity contribution in [2.24, 2.45) is 0 Å². The fourth-order valence-corrected chi connectivity index (χ4v) is 1.20. The standard InChI is InChI=1S/C12H18BrFO4/c1-3-5-7-17-11(15)9(13)10(14)12(16)18-8-6-4-2/h3-8H2,1-2H3/b10-9-. The molecule has 0 aliphatic rings. The minimum Gasteiger partial charge on any atom is -0.462 e. The molecular formula is C12H18BrFO4. The molecule has 0 bridgehead atoms. The largest absolute Gasteiger partial charge is 0.462 e. The van der Waals surface area contributed by atoms with Gasteiger partial charge in [0.25, 0.3) is 0 Å². The number of hydrogen-bond donors (Lipinski definition) is 0. The van der Waals surface area contributed by atoms with Crippen LogP contribution in [0.3, 0.4) is 0 Å². The van der Waals surface area contributed by atoms with E-state index in [-0.39, 0.29) is 13.2 Å². The molecule has 0 aliphatic carbocycles. The van der Waals surface area contributed by atoms with Gasteiger partial charge in [-0.3, -0.25) is 0 Å². The van der Waals surface area contributed by atoms with Crippen molar-refractivity contribution in [2.75, 3.05) is 13.2 Å². The van der Waals surface area contributed by atoms with Gasteiger partial charge in [0.1, 0.15) is 4.48 Å². The maximum absolute atomic E-state index is 13.4.